The summed E-state index contributed by atoms with van der Waals surface area (Å²) in [5.41, 5.74) is 1.97. The second kappa shape index (κ2) is 8.63. The van der Waals surface area contributed by atoms with E-state index in [9.17, 15) is 9.59 Å². The zero-order valence-corrected chi connectivity index (χ0v) is 18.0. The molecular formula is C21H33NO5. The lowest BCUT2D eigenvalue weighted by Gasteiger charge is -2.25. The number of aryl methyl sites for hydroxylation is 2. The Bertz CT molecular complexity index is 660. The van der Waals surface area contributed by atoms with E-state index in [1.807, 2.05) is 46.8 Å². The molecule has 0 aliphatic rings. The maximum atomic E-state index is 12.2. The van der Waals surface area contributed by atoms with E-state index < -0.39 is 23.7 Å². The summed E-state index contributed by atoms with van der Waals surface area (Å²) in [4.78, 5) is 24.3. The van der Waals surface area contributed by atoms with E-state index in [1.54, 1.807) is 20.8 Å². The molecule has 0 unspecified atom stereocenters. The van der Waals surface area contributed by atoms with Crippen molar-refractivity contribution in [1.82, 2.24) is 5.32 Å². The number of rotatable bonds is 5. The molecule has 0 saturated carbocycles. The van der Waals surface area contributed by atoms with Gasteiger partial charge in [0, 0.05) is 6.42 Å². The zero-order valence-electron chi connectivity index (χ0n) is 18.0. The van der Waals surface area contributed by atoms with E-state index in [4.69, 9.17) is 14.2 Å². The highest BCUT2D eigenvalue weighted by Gasteiger charge is 2.26. The average Bonchev–Trinajstić information content (AvgIpc) is 2.45. The third-order valence-corrected chi connectivity index (χ3v) is 3.68. The van der Waals surface area contributed by atoms with Crippen molar-refractivity contribution in [2.24, 2.45) is 0 Å². The van der Waals surface area contributed by atoms with E-state index in [0.717, 1.165) is 22.4 Å². The minimum absolute atomic E-state index is 0.298. The Morgan fingerprint density at radius 1 is 1.00 bits per heavy atom. The molecule has 0 aliphatic heterocycles. The van der Waals surface area contributed by atoms with Crippen molar-refractivity contribution in [3.05, 3.63) is 28.8 Å². The zero-order chi connectivity index (χ0) is 21.0. The molecular weight excluding hydrogens is 346 g/mol. The van der Waals surface area contributed by atoms with Crippen LogP contribution < -0.4 is 10.1 Å². The van der Waals surface area contributed by atoms with Gasteiger partial charge in [-0.2, -0.15) is 0 Å². The minimum atomic E-state index is -0.836. The number of carbonyl (C=O) groups is 2. The SMILES string of the molecule is COC(=O)[C@H](Cc1c(C)cc(OC(C)(C)C)cc1C)NC(=O)OC(C)(C)C. The number of methoxy groups -OCH3 is 1. The lowest BCUT2D eigenvalue weighted by molar-refractivity contribution is -0.143. The van der Waals surface area contributed by atoms with Crippen LogP contribution >= 0.6 is 0 Å². The van der Waals surface area contributed by atoms with Gasteiger partial charge in [0.15, 0.2) is 0 Å². The van der Waals surface area contributed by atoms with Crippen molar-refractivity contribution >= 4 is 12.1 Å². The van der Waals surface area contributed by atoms with Crippen LogP contribution in [0.2, 0.25) is 0 Å². The summed E-state index contributed by atoms with van der Waals surface area (Å²) in [6, 6.07) is 3.04. The number of hydrogen-bond acceptors (Lipinski definition) is 5. The summed E-state index contributed by atoms with van der Waals surface area (Å²) in [6.07, 6.45) is -0.347. The summed E-state index contributed by atoms with van der Waals surface area (Å²) in [5, 5.41) is 2.61. The van der Waals surface area contributed by atoms with Gasteiger partial charge >= 0.3 is 12.1 Å². The summed E-state index contributed by atoms with van der Waals surface area (Å²) in [5.74, 6) is 0.255. The second-order valence-electron chi connectivity index (χ2n) is 8.68. The molecule has 27 heavy (non-hydrogen) atoms. The first-order valence-electron chi connectivity index (χ1n) is 9.08. The van der Waals surface area contributed by atoms with Gasteiger partial charge in [0.25, 0.3) is 0 Å². The minimum Gasteiger partial charge on any atom is -0.488 e. The van der Waals surface area contributed by atoms with Crippen LogP contribution in [0, 0.1) is 13.8 Å². The Morgan fingerprint density at radius 3 is 1.93 bits per heavy atom. The molecule has 0 radical (unpaired) electrons. The van der Waals surface area contributed by atoms with Crippen LogP contribution in [0.1, 0.15) is 58.2 Å². The molecule has 6 nitrogen and oxygen atoms in total. The molecule has 1 aromatic rings. The van der Waals surface area contributed by atoms with Crippen LogP contribution in [0.3, 0.4) is 0 Å². The number of alkyl carbamates (subject to hydrolysis) is 1. The highest BCUT2D eigenvalue weighted by Crippen LogP contribution is 2.26. The molecule has 1 aromatic carbocycles. The van der Waals surface area contributed by atoms with Gasteiger partial charge in [0.05, 0.1) is 7.11 Å². The standard InChI is InChI=1S/C21H33NO5/c1-13-10-15(26-20(3,4)5)11-14(2)16(13)12-17(18(23)25-9)22-19(24)27-21(6,7)8/h10-11,17H,12H2,1-9H3,(H,22,24)/t17-/m0/s1. The molecule has 0 bridgehead atoms. The number of nitrogens with one attached hydrogen (secondary N) is 1. The topological polar surface area (TPSA) is 73.9 Å². The van der Waals surface area contributed by atoms with Gasteiger partial charge in [-0.1, -0.05) is 0 Å². The molecule has 0 aromatic heterocycles. The summed E-state index contributed by atoms with van der Waals surface area (Å²) in [6.45, 7) is 15.2. The fourth-order valence-electron chi connectivity index (χ4n) is 2.68. The molecule has 152 valence electrons. The van der Waals surface area contributed by atoms with Gasteiger partial charge in [-0.05, 0) is 84.2 Å². The van der Waals surface area contributed by atoms with E-state index in [0.29, 0.717) is 6.42 Å². The molecule has 1 amide bonds. The molecule has 1 rings (SSSR count). The Balaban J connectivity index is 3.05. The number of carbonyl (C=O) groups excluding carboxylic acids is 2. The van der Waals surface area contributed by atoms with Gasteiger partial charge in [-0.3, -0.25) is 0 Å². The quantitative estimate of drug-likeness (QED) is 0.780. The van der Waals surface area contributed by atoms with Crippen LogP contribution in [0.25, 0.3) is 0 Å². The number of hydrogen-bond donors (Lipinski definition) is 1. The van der Waals surface area contributed by atoms with Crippen LogP contribution in [0.15, 0.2) is 12.1 Å². The number of amides is 1. The smallest absolute Gasteiger partial charge is 0.408 e. The molecule has 0 aliphatic carbocycles. The summed E-state index contributed by atoms with van der Waals surface area (Å²) in [7, 11) is 1.30. The Labute approximate surface area is 162 Å². The van der Waals surface area contributed by atoms with Gasteiger partial charge in [0.1, 0.15) is 23.0 Å². The molecule has 6 heteroatoms. The van der Waals surface area contributed by atoms with Crippen molar-refractivity contribution in [2.75, 3.05) is 7.11 Å². The van der Waals surface area contributed by atoms with Gasteiger partial charge in [0.2, 0.25) is 0 Å². The Kier molecular flexibility index (Phi) is 7.29. The van der Waals surface area contributed by atoms with Crippen LogP contribution in [-0.4, -0.2) is 36.4 Å². The highest BCUT2D eigenvalue weighted by molar-refractivity contribution is 5.81. The highest BCUT2D eigenvalue weighted by atomic mass is 16.6. The molecule has 1 atom stereocenters. The van der Waals surface area contributed by atoms with Gasteiger partial charge in [-0.25, -0.2) is 9.59 Å². The Hall–Kier alpha value is -2.24. The maximum absolute atomic E-state index is 12.2. The first-order valence-corrected chi connectivity index (χ1v) is 9.08. The van der Waals surface area contributed by atoms with Crippen molar-refractivity contribution in [3.63, 3.8) is 0 Å². The van der Waals surface area contributed by atoms with E-state index in [-0.39, 0.29) is 5.60 Å². The largest absolute Gasteiger partial charge is 0.488 e. The second-order valence-corrected chi connectivity index (χ2v) is 8.68. The average molecular weight is 379 g/mol. The molecule has 0 heterocycles. The van der Waals surface area contributed by atoms with E-state index >= 15 is 0 Å². The first-order chi connectivity index (χ1) is 12.2. The fraction of sp³-hybridized carbons (Fsp3) is 0.619. The molecule has 0 fully saturated rings. The fourth-order valence-corrected chi connectivity index (χ4v) is 2.68. The van der Waals surface area contributed by atoms with Crippen LogP contribution in [0.5, 0.6) is 5.75 Å². The maximum Gasteiger partial charge on any atom is 0.408 e. The normalized spacial score (nSPS) is 12.9. The van der Waals surface area contributed by atoms with E-state index in [2.05, 4.69) is 5.32 Å². The molecule has 0 spiro atoms. The third kappa shape index (κ3) is 7.89. The van der Waals surface area contributed by atoms with Gasteiger partial charge in [-0.15, -0.1) is 0 Å². The first kappa shape index (κ1) is 22.8. The monoisotopic (exact) mass is 379 g/mol. The lowest BCUT2D eigenvalue weighted by Crippen LogP contribution is -2.45. The van der Waals surface area contributed by atoms with E-state index in [1.165, 1.54) is 7.11 Å². The molecule has 0 saturated heterocycles. The van der Waals surface area contributed by atoms with Crippen molar-refractivity contribution < 1.29 is 23.8 Å². The van der Waals surface area contributed by atoms with Crippen molar-refractivity contribution in [1.29, 1.82) is 0 Å². The predicted molar refractivity (Wildman–Crippen MR) is 105 cm³/mol. The van der Waals surface area contributed by atoms with Crippen LogP contribution in [0.4, 0.5) is 4.79 Å². The van der Waals surface area contributed by atoms with Crippen LogP contribution in [-0.2, 0) is 20.7 Å². The van der Waals surface area contributed by atoms with Gasteiger partial charge < -0.3 is 19.5 Å². The number of benzene rings is 1. The summed E-state index contributed by atoms with van der Waals surface area (Å²) >= 11 is 0. The third-order valence-electron chi connectivity index (χ3n) is 3.68. The lowest BCUT2D eigenvalue weighted by atomic mass is 9.95. The Morgan fingerprint density at radius 2 is 1.52 bits per heavy atom. The van der Waals surface area contributed by atoms with Crippen molar-refractivity contribution in [3.8, 4) is 5.75 Å². The molecule has 1 N–H and O–H groups in total. The number of esters is 1. The van der Waals surface area contributed by atoms with Crippen molar-refractivity contribution in [2.45, 2.75) is 79.1 Å². The number of ether oxygens (including phenoxy) is 3. The predicted octanol–water partition coefficient (Wildman–Crippen LogP) is 4.09. The summed E-state index contributed by atoms with van der Waals surface area (Å²) < 4.78 is 16.0.